The molecular weight excluding hydrogens is 276 g/mol. The van der Waals surface area contributed by atoms with Gasteiger partial charge in [0, 0.05) is 13.2 Å². The molecule has 0 fully saturated rings. The van der Waals surface area contributed by atoms with Crippen LogP contribution in [0.1, 0.15) is 11.3 Å². The Morgan fingerprint density at radius 2 is 1.95 bits per heavy atom. The van der Waals surface area contributed by atoms with E-state index in [4.69, 9.17) is 5.73 Å². The van der Waals surface area contributed by atoms with Gasteiger partial charge in [-0.3, -0.25) is 4.68 Å². The SMILES string of the molecule is Cn1ccc(CNS(=O)(=O)c2ccc(CCN)cc2)n1. The first-order valence-electron chi connectivity index (χ1n) is 6.28. The molecule has 2 rings (SSSR count). The lowest BCUT2D eigenvalue weighted by atomic mass is 10.2. The van der Waals surface area contributed by atoms with Crippen LogP contribution in [0.4, 0.5) is 0 Å². The molecule has 6 nitrogen and oxygen atoms in total. The van der Waals surface area contributed by atoms with Gasteiger partial charge in [0.2, 0.25) is 10.0 Å². The number of nitrogens with zero attached hydrogens (tertiary/aromatic N) is 2. The summed E-state index contributed by atoms with van der Waals surface area (Å²) in [5, 5.41) is 4.12. The Balaban J connectivity index is 2.05. The van der Waals surface area contributed by atoms with E-state index in [-0.39, 0.29) is 11.4 Å². The van der Waals surface area contributed by atoms with Crippen LogP contribution in [-0.4, -0.2) is 24.7 Å². The molecule has 3 N–H and O–H groups in total. The van der Waals surface area contributed by atoms with E-state index in [1.165, 1.54) is 0 Å². The van der Waals surface area contributed by atoms with Crippen molar-refractivity contribution in [1.82, 2.24) is 14.5 Å². The average Bonchev–Trinajstić information content (AvgIpc) is 2.84. The van der Waals surface area contributed by atoms with E-state index in [0.717, 1.165) is 12.0 Å². The van der Waals surface area contributed by atoms with E-state index >= 15 is 0 Å². The molecule has 0 saturated carbocycles. The molecule has 0 radical (unpaired) electrons. The van der Waals surface area contributed by atoms with Gasteiger partial charge in [-0.2, -0.15) is 5.10 Å². The number of hydrogen-bond donors (Lipinski definition) is 2. The van der Waals surface area contributed by atoms with Gasteiger partial charge in [-0.05, 0) is 36.7 Å². The summed E-state index contributed by atoms with van der Waals surface area (Å²) in [4.78, 5) is 0.245. The molecule has 0 aliphatic rings. The van der Waals surface area contributed by atoms with Gasteiger partial charge < -0.3 is 5.73 Å². The molecule has 0 aliphatic carbocycles. The topological polar surface area (TPSA) is 90.0 Å². The molecule has 0 unspecified atom stereocenters. The van der Waals surface area contributed by atoms with Crippen molar-refractivity contribution < 1.29 is 8.42 Å². The summed E-state index contributed by atoms with van der Waals surface area (Å²) < 4.78 is 28.4. The van der Waals surface area contributed by atoms with E-state index in [1.54, 1.807) is 48.3 Å². The van der Waals surface area contributed by atoms with E-state index in [9.17, 15) is 8.42 Å². The first kappa shape index (κ1) is 14.7. The highest BCUT2D eigenvalue weighted by Gasteiger charge is 2.13. The first-order chi connectivity index (χ1) is 9.51. The average molecular weight is 294 g/mol. The summed E-state index contributed by atoms with van der Waals surface area (Å²) >= 11 is 0. The fourth-order valence-corrected chi connectivity index (χ4v) is 2.81. The van der Waals surface area contributed by atoms with Crippen LogP contribution in [0.3, 0.4) is 0 Å². The van der Waals surface area contributed by atoms with Crippen LogP contribution in [0.15, 0.2) is 41.4 Å². The molecule has 1 aromatic carbocycles. The Labute approximate surface area is 118 Å². The second-order valence-corrected chi connectivity index (χ2v) is 6.25. The van der Waals surface area contributed by atoms with Gasteiger partial charge in [-0.25, -0.2) is 13.1 Å². The zero-order valence-electron chi connectivity index (χ0n) is 11.3. The van der Waals surface area contributed by atoms with Gasteiger partial charge in [0.05, 0.1) is 17.1 Å². The van der Waals surface area contributed by atoms with Crippen molar-refractivity contribution in [3.8, 4) is 0 Å². The second kappa shape index (κ2) is 6.17. The Hall–Kier alpha value is -1.70. The molecule has 0 saturated heterocycles. The summed E-state index contributed by atoms with van der Waals surface area (Å²) in [6, 6.07) is 8.51. The maximum atomic E-state index is 12.1. The molecular formula is C13H18N4O2S. The third-order valence-electron chi connectivity index (χ3n) is 2.88. The minimum absolute atomic E-state index is 0.174. The summed E-state index contributed by atoms with van der Waals surface area (Å²) in [5.41, 5.74) is 7.16. The highest BCUT2D eigenvalue weighted by molar-refractivity contribution is 7.89. The van der Waals surface area contributed by atoms with Crippen molar-refractivity contribution >= 4 is 10.0 Å². The Bertz CT molecular complexity index is 662. The molecule has 20 heavy (non-hydrogen) atoms. The molecule has 2 aromatic rings. The predicted octanol–water partition coefficient (Wildman–Crippen LogP) is 0.400. The third-order valence-corrected chi connectivity index (χ3v) is 4.30. The van der Waals surface area contributed by atoms with Crippen LogP contribution in [0.5, 0.6) is 0 Å². The predicted molar refractivity (Wildman–Crippen MR) is 76.4 cm³/mol. The molecule has 0 bridgehead atoms. The van der Waals surface area contributed by atoms with Gasteiger partial charge >= 0.3 is 0 Å². The van der Waals surface area contributed by atoms with Gasteiger partial charge in [-0.15, -0.1) is 0 Å². The fourth-order valence-electron chi connectivity index (χ4n) is 1.81. The summed E-state index contributed by atoms with van der Waals surface area (Å²) in [6.07, 6.45) is 2.51. The lowest BCUT2D eigenvalue weighted by Gasteiger charge is -2.06. The van der Waals surface area contributed by atoms with Gasteiger partial charge in [0.25, 0.3) is 0 Å². The number of hydrogen-bond acceptors (Lipinski definition) is 4. The Morgan fingerprint density at radius 1 is 1.25 bits per heavy atom. The number of benzene rings is 1. The Morgan fingerprint density at radius 3 is 2.50 bits per heavy atom. The highest BCUT2D eigenvalue weighted by atomic mass is 32.2. The summed E-state index contributed by atoms with van der Waals surface area (Å²) in [7, 11) is -1.73. The van der Waals surface area contributed by atoms with Crippen molar-refractivity contribution in [3.05, 3.63) is 47.8 Å². The molecule has 108 valence electrons. The third kappa shape index (κ3) is 3.66. The summed E-state index contributed by atoms with van der Waals surface area (Å²) in [6.45, 7) is 0.720. The number of aryl methyl sites for hydroxylation is 1. The molecule has 1 heterocycles. The Kier molecular flexibility index (Phi) is 4.53. The van der Waals surface area contributed by atoms with E-state index in [0.29, 0.717) is 12.2 Å². The lowest BCUT2D eigenvalue weighted by Crippen LogP contribution is -2.23. The van der Waals surface area contributed by atoms with Crippen LogP contribution >= 0.6 is 0 Å². The van der Waals surface area contributed by atoms with Crippen molar-refractivity contribution in [2.45, 2.75) is 17.9 Å². The molecule has 7 heteroatoms. The number of aromatic nitrogens is 2. The van der Waals surface area contributed by atoms with Crippen molar-refractivity contribution in [3.63, 3.8) is 0 Å². The maximum absolute atomic E-state index is 12.1. The molecule has 0 amide bonds. The number of nitrogens with one attached hydrogen (secondary N) is 1. The van der Waals surface area contributed by atoms with Gasteiger partial charge in [0.1, 0.15) is 0 Å². The lowest BCUT2D eigenvalue weighted by molar-refractivity contribution is 0.579. The van der Waals surface area contributed by atoms with Crippen molar-refractivity contribution in [2.75, 3.05) is 6.54 Å². The number of rotatable bonds is 6. The fraction of sp³-hybridized carbons (Fsp3) is 0.308. The normalized spacial score (nSPS) is 11.7. The largest absolute Gasteiger partial charge is 0.330 e. The zero-order chi connectivity index (χ0) is 14.6. The molecule has 1 aromatic heterocycles. The number of sulfonamides is 1. The van der Waals surface area contributed by atoms with Crippen LogP contribution in [0, 0.1) is 0 Å². The van der Waals surface area contributed by atoms with Crippen LogP contribution < -0.4 is 10.5 Å². The first-order valence-corrected chi connectivity index (χ1v) is 7.77. The standard InChI is InChI=1S/C13H18N4O2S/c1-17-9-7-12(16-17)10-15-20(18,19)13-4-2-11(3-5-13)6-8-14/h2-5,7,9,15H,6,8,10,14H2,1H3. The van der Waals surface area contributed by atoms with Gasteiger partial charge in [0.15, 0.2) is 0 Å². The monoisotopic (exact) mass is 294 g/mol. The van der Waals surface area contributed by atoms with Crippen molar-refractivity contribution in [2.24, 2.45) is 12.8 Å². The van der Waals surface area contributed by atoms with E-state index in [1.807, 2.05) is 0 Å². The van der Waals surface area contributed by atoms with E-state index in [2.05, 4.69) is 9.82 Å². The minimum Gasteiger partial charge on any atom is -0.330 e. The quantitative estimate of drug-likeness (QED) is 0.807. The van der Waals surface area contributed by atoms with Crippen LogP contribution in [-0.2, 0) is 30.0 Å². The molecule has 0 spiro atoms. The zero-order valence-corrected chi connectivity index (χ0v) is 12.1. The van der Waals surface area contributed by atoms with Crippen molar-refractivity contribution in [1.29, 1.82) is 0 Å². The van der Waals surface area contributed by atoms with Crippen LogP contribution in [0.25, 0.3) is 0 Å². The summed E-state index contributed by atoms with van der Waals surface area (Å²) in [5.74, 6) is 0. The van der Waals surface area contributed by atoms with Gasteiger partial charge in [-0.1, -0.05) is 12.1 Å². The van der Waals surface area contributed by atoms with Crippen LogP contribution in [0.2, 0.25) is 0 Å². The molecule has 0 atom stereocenters. The van der Waals surface area contributed by atoms with E-state index < -0.39 is 10.0 Å². The number of nitrogens with two attached hydrogens (primary N) is 1. The minimum atomic E-state index is -3.51. The highest BCUT2D eigenvalue weighted by Crippen LogP contribution is 2.11. The molecule has 0 aliphatic heterocycles. The second-order valence-electron chi connectivity index (χ2n) is 4.49. The maximum Gasteiger partial charge on any atom is 0.240 e. The smallest absolute Gasteiger partial charge is 0.240 e.